The molecule has 4 nitrogen and oxygen atoms in total. The second kappa shape index (κ2) is 7.25. The number of aromatic nitrogens is 2. The second-order valence-electron chi connectivity index (χ2n) is 6.40. The number of hydrogen-bond acceptors (Lipinski definition) is 3. The van der Waals surface area contributed by atoms with Crippen molar-refractivity contribution in [1.29, 1.82) is 0 Å². The van der Waals surface area contributed by atoms with Crippen LogP contribution in [0.3, 0.4) is 0 Å². The molecule has 0 bridgehead atoms. The zero-order valence-corrected chi connectivity index (χ0v) is 15.4. The van der Waals surface area contributed by atoms with Gasteiger partial charge in [-0.3, -0.25) is 4.68 Å². The molecule has 1 aromatic heterocycles. The number of hydrogen-bond donors (Lipinski definition) is 1. The number of nitrogens with zero attached hydrogens (tertiary/aromatic N) is 3. The molecule has 1 atom stereocenters. The first-order valence-electron chi connectivity index (χ1n) is 8.11. The Morgan fingerprint density at radius 1 is 1.33 bits per heavy atom. The summed E-state index contributed by atoms with van der Waals surface area (Å²) in [6, 6.07) is 0.303. The van der Waals surface area contributed by atoms with E-state index in [9.17, 15) is 0 Å². The topological polar surface area (TPSA) is 33.1 Å². The molecule has 0 aromatic carbocycles. The summed E-state index contributed by atoms with van der Waals surface area (Å²) in [6.45, 7) is 3.16. The maximum Gasteiger partial charge on any atom is 0.0711 e. The summed E-state index contributed by atoms with van der Waals surface area (Å²) < 4.78 is 3.13. The predicted molar refractivity (Wildman–Crippen MR) is 91.4 cm³/mol. The van der Waals surface area contributed by atoms with Crippen molar-refractivity contribution in [1.82, 2.24) is 20.0 Å². The molecule has 0 amide bonds. The molecule has 5 heteroatoms. The average molecular weight is 357 g/mol. The lowest BCUT2D eigenvalue weighted by Gasteiger charge is -2.46. The maximum atomic E-state index is 4.44. The van der Waals surface area contributed by atoms with Crippen LogP contribution >= 0.6 is 15.9 Å². The van der Waals surface area contributed by atoms with Gasteiger partial charge in [-0.1, -0.05) is 32.6 Å². The Hall–Kier alpha value is -0.390. The fourth-order valence-electron chi connectivity index (χ4n) is 3.83. The van der Waals surface area contributed by atoms with Crippen molar-refractivity contribution >= 4 is 15.9 Å². The van der Waals surface area contributed by atoms with Gasteiger partial charge in [-0.05, 0) is 49.4 Å². The van der Waals surface area contributed by atoms with Gasteiger partial charge in [-0.15, -0.1) is 0 Å². The smallest absolute Gasteiger partial charge is 0.0711 e. The lowest BCUT2D eigenvalue weighted by atomic mass is 9.79. The summed E-state index contributed by atoms with van der Waals surface area (Å²) in [5.41, 5.74) is 1.44. The quantitative estimate of drug-likeness (QED) is 0.819. The summed E-state index contributed by atoms with van der Waals surface area (Å²) in [4.78, 5) is 2.45. The van der Waals surface area contributed by atoms with E-state index in [-0.39, 0.29) is 5.54 Å². The first-order valence-corrected chi connectivity index (χ1v) is 8.90. The Morgan fingerprint density at radius 2 is 1.95 bits per heavy atom. The van der Waals surface area contributed by atoms with Gasteiger partial charge in [0.15, 0.2) is 0 Å². The van der Waals surface area contributed by atoms with Gasteiger partial charge in [0.05, 0.1) is 22.4 Å². The minimum atomic E-state index is 0.169. The van der Waals surface area contributed by atoms with Crippen molar-refractivity contribution in [3.63, 3.8) is 0 Å². The Balaban J connectivity index is 2.46. The van der Waals surface area contributed by atoms with Gasteiger partial charge in [-0.25, -0.2) is 0 Å². The number of likely N-dealkylation sites (N-methyl/N-ethyl adjacent to an activating group) is 2. The van der Waals surface area contributed by atoms with E-state index in [0.717, 1.165) is 11.0 Å². The Labute approximate surface area is 137 Å². The molecule has 120 valence electrons. The molecule has 1 unspecified atom stereocenters. The van der Waals surface area contributed by atoms with Crippen LogP contribution in [0.2, 0.25) is 0 Å². The molecule has 1 aliphatic carbocycles. The average Bonchev–Trinajstić information content (AvgIpc) is 2.68. The van der Waals surface area contributed by atoms with E-state index in [1.54, 1.807) is 0 Å². The largest absolute Gasteiger partial charge is 0.307 e. The molecule has 0 aliphatic heterocycles. The molecule has 0 radical (unpaired) electrons. The molecule has 0 saturated heterocycles. The lowest BCUT2D eigenvalue weighted by Crippen LogP contribution is -2.54. The van der Waals surface area contributed by atoms with E-state index < -0.39 is 0 Å². The number of nitrogens with one attached hydrogen (secondary N) is 1. The van der Waals surface area contributed by atoms with Gasteiger partial charge >= 0.3 is 0 Å². The predicted octanol–water partition coefficient (Wildman–Crippen LogP) is 3.49. The summed E-state index contributed by atoms with van der Waals surface area (Å²) in [5.74, 6) is 0. The molecule has 1 N–H and O–H groups in total. The third-order valence-electron chi connectivity index (χ3n) is 5.02. The Morgan fingerprint density at radius 3 is 2.38 bits per heavy atom. The van der Waals surface area contributed by atoms with Gasteiger partial charge < -0.3 is 10.2 Å². The van der Waals surface area contributed by atoms with E-state index in [4.69, 9.17) is 0 Å². The highest BCUT2D eigenvalue weighted by molar-refractivity contribution is 9.10. The van der Waals surface area contributed by atoms with Crippen LogP contribution in [0.5, 0.6) is 0 Å². The van der Waals surface area contributed by atoms with Crippen molar-refractivity contribution in [2.45, 2.75) is 57.0 Å². The molecule has 1 fully saturated rings. The van der Waals surface area contributed by atoms with E-state index in [2.05, 4.69) is 52.3 Å². The van der Waals surface area contributed by atoms with Gasteiger partial charge in [0.25, 0.3) is 0 Å². The SMILES string of the molecule is CCNC(c1c(Br)cnn1C)C1(N(C)C)CCCCCC1. The van der Waals surface area contributed by atoms with E-state index in [1.165, 1.54) is 44.2 Å². The van der Waals surface area contributed by atoms with Crippen LogP contribution in [-0.4, -0.2) is 40.9 Å². The molecular formula is C16H29BrN4. The van der Waals surface area contributed by atoms with Crippen LogP contribution in [-0.2, 0) is 7.05 Å². The first kappa shape index (κ1) is 17.0. The minimum Gasteiger partial charge on any atom is -0.307 e. The van der Waals surface area contributed by atoms with E-state index >= 15 is 0 Å². The van der Waals surface area contributed by atoms with Crippen LogP contribution < -0.4 is 5.32 Å². The molecule has 2 rings (SSSR count). The second-order valence-corrected chi connectivity index (χ2v) is 7.26. The van der Waals surface area contributed by atoms with Crippen molar-refractivity contribution in [3.8, 4) is 0 Å². The van der Waals surface area contributed by atoms with Crippen LogP contribution in [0, 0.1) is 0 Å². The van der Waals surface area contributed by atoms with Gasteiger partial charge in [0, 0.05) is 12.6 Å². The summed E-state index contributed by atoms with van der Waals surface area (Å²) in [5, 5.41) is 8.19. The fourth-order valence-corrected chi connectivity index (χ4v) is 4.40. The highest BCUT2D eigenvalue weighted by Crippen LogP contribution is 2.42. The fraction of sp³-hybridized carbons (Fsp3) is 0.812. The van der Waals surface area contributed by atoms with Gasteiger partial charge in [0.2, 0.25) is 0 Å². The van der Waals surface area contributed by atoms with E-state index in [0.29, 0.717) is 6.04 Å². The van der Waals surface area contributed by atoms with Crippen LogP contribution in [0.1, 0.15) is 57.2 Å². The number of rotatable bonds is 5. The molecule has 0 spiro atoms. The number of halogens is 1. The van der Waals surface area contributed by atoms with Crippen molar-refractivity contribution < 1.29 is 0 Å². The third kappa shape index (κ3) is 3.35. The Kier molecular flexibility index (Phi) is 5.86. The highest BCUT2D eigenvalue weighted by atomic mass is 79.9. The molecule has 1 saturated carbocycles. The zero-order valence-electron chi connectivity index (χ0n) is 13.8. The normalized spacial score (nSPS) is 20.5. The van der Waals surface area contributed by atoms with Crippen LogP contribution in [0.4, 0.5) is 0 Å². The number of aryl methyl sites for hydroxylation is 1. The molecular weight excluding hydrogens is 328 g/mol. The first-order chi connectivity index (χ1) is 10.0. The molecule has 21 heavy (non-hydrogen) atoms. The highest BCUT2D eigenvalue weighted by Gasteiger charge is 2.43. The van der Waals surface area contributed by atoms with Gasteiger partial charge in [0.1, 0.15) is 0 Å². The molecule has 1 aromatic rings. The van der Waals surface area contributed by atoms with Crippen molar-refractivity contribution in [2.24, 2.45) is 7.05 Å². The lowest BCUT2D eigenvalue weighted by molar-refractivity contribution is 0.0769. The van der Waals surface area contributed by atoms with Crippen LogP contribution in [0.15, 0.2) is 10.7 Å². The van der Waals surface area contributed by atoms with Crippen molar-refractivity contribution in [2.75, 3.05) is 20.6 Å². The summed E-state index contributed by atoms with van der Waals surface area (Å²) >= 11 is 3.71. The minimum absolute atomic E-state index is 0.169. The maximum absolute atomic E-state index is 4.44. The van der Waals surface area contributed by atoms with Gasteiger partial charge in [-0.2, -0.15) is 5.10 Å². The monoisotopic (exact) mass is 356 g/mol. The van der Waals surface area contributed by atoms with Crippen LogP contribution in [0.25, 0.3) is 0 Å². The summed E-state index contributed by atoms with van der Waals surface area (Å²) in [7, 11) is 6.52. The zero-order chi connectivity index (χ0) is 15.5. The molecule has 1 heterocycles. The standard InChI is InChI=1S/C16H29BrN4/c1-5-18-15(14-13(17)12-19-21(14)4)16(20(2)3)10-8-6-7-9-11-16/h12,15,18H,5-11H2,1-4H3. The van der Waals surface area contributed by atoms with Crippen molar-refractivity contribution in [3.05, 3.63) is 16.4 Å². The summed E-state index contributed by atoms with van der Waals surface area (Å²) in [6.07, 6.45) is 9.76. The molecule has 1 aliphatic rings. The van der Waals surface area contributed by atoms with E-state index in [1.807, 2.05) is 17.9 Å². The Bertz CT molecular complexity index is 428. The third-order valence-corrected chi connectivity index (χ3v) is 5.63.